The Labute approximate surface area is 162 Å². The number of hydrogen-bond acceptors (Lipinski definition) is 5. The van der Waals surface area contributed by atoms with Crippen LogP contribution in [0.2, 0.25) is 0 Å². The maximum absolute atomic E-state index is 12.5. The molecule has 7 heteroatoms. The zero-order valence-corrected chi connectivity index (χ0v) is 15.9. The Morgan fingerprint density at radius 1 is 1.22 bits per heavy atom. The number of nitrogens with zero attached hydrogens (tertiary/aromatic N) is 4. The minimum Gasteiger partial charge on any atom is -0.325 e. The highest BCUT2D eigenvalue weighted by molar-refractivity contribution is 8.00. The number of carbonyl (C=O) groups is 1. The summed E-state index contributed by atoms with van der Waals surface area (Å²) in [6.07, 6.45) is 0. The normalized spacial score (nSPS) is 11.6. The first-order valence-corrected chi connectivity index (χ1v) is 9.36. The fraction of sp³-hybridized carbons (Fsp3) is 0.200. The highest BCUT2D eigenvalue weighted by atomic mass is 32.2. The molecule has 0 unspecified atom stereocenters. The molecule has 0 aliphatic rings. The van der Waals surface area contributed by atoms with Crippen molar-refractivity contribution >= 4 is 23.4 Å². The summed E-state index contributed by atoms with van der Waals surface area (Å²) >= 11 is 1.36. The second-order valence-electron chi connectivity index (χ2n) is 6.04. The van der Waals surface area contributed by atoms with E-state index in [0.717, 1.165) is 11.4 Å². The van der Waals surface area contributed by atoms with Gasteiger partial charge in [-0.25, -0.2) is 0 Å². The van der Waals surface area contributed by atoms with E-state index in [-0.39, 0.29) is 11.2 Å². The molecule has 136 valence electrons. The predicted molar refractivity (Wildman–Crippen MR) is 105 cm³/mol. The van der Waals surface area contributed by atoms with Crippen LogP contribution < -0.4 is 5.32 Å². The number of anilines is 1. The second kappa shape index (κ2) is 8.52. The highest BCUT2D eigenvalue weighted by Crippen LogP contribution is 2.24. The molecule has 6 nitrogen and oxygen atoms in total. The largest absolute Gasteiger partial charge is 0.325 e. The molecule has 0 saturated carbocycles. The van der Waals surface area contributed by atoms with Crippen molar-refractivity contribution in [2.75, 3.05) is 5.32 Å². The number of nitriles is 1. The molecule has 2 aromatic carbocycles. The number of aromatic nitrogens is 3. The first-order chi connectivity index (χ1) is 13.1. The van der Waals surface area contributed by atoms with Crippen LogP contribution >= 0.6 is 11.8 Å². The van der Waals surface area contributed by atoms with Gasteiger partial charge in [0.1, 0.15) is 5.82 Å². The van der Waals surface area contributed by atoms with Gasteiger partial charge in [-0.2, -0.15) is 5.26 Å². The zero-order valence-electron chi connectivity index (χ0n) is 15.1. The zero-order chi connectivity index (χ0) is 19.2. The first kappa shape index (κ1) is 18.7. The molecule has 3 rings (SSSR count). The standard InChI is InChI=1S/C20H19N5OS/c1-14(19(26)22-18-10-6-9-17(11-18)12-21)27-20-24-23-15(2)25(20)13-16-7-4-3-5-8-16/h3-11,14H,13H2,1-2H3,(H,22,26)/t14-/m0/s1. The van der Waals surface area contributed by atoms with E-state index in [1.807, 2.05) is 48.7 Å². The van der Waals surface area contributed by atoms with Crippen molar-refractivity contribution in [1.82, 2.24) is 14.8 Å². The number of carbonyl (C=O) groups excluding carboxylic acids is 1. The highest BCUT2D eigenvalue weighted by Gasteiger charge is 2.19. The van der Waals surface area contributed by atoms with Crippen molar-refractivity contribution in [2.45, 2.75) is 30.8 Å². The van der Waals surface area contributed by atoms with Crippen LogP contribution in [0.3, 0.4) is 0 Å². The van der Waals surface area contributed by atoms with Crippen LogP contribution in [0.15, 0.2) is 59.8 Å². The third kappa shape index (κ3) is 4.74. The van der Waals surface area contributed by atoms with E-state index >= 15 is 0 Å². The van der Waals surface area contributed by atoms with E-state index < -0.39 is 0 Å². The molecule has 1 atom stereocenters. The maximum Gasteiger partial charge on any atom is 0.237 e. The van der Waals surface area contributed by atoms with Gasteiger partial charge in [0.2, 0.25) is 5.91 Å². The minimum atomic E-state index is -0.367. The monoisotopic (exact) mass is 377 g/mol. The summed E-state index contributed by atoms with van der Waals surface area (Å²) in [5.41, 5.74) is 2.26. The second-order valence-corrected chi connectivity index (χ2v) is 7.35. The lowest BCUT2D eigenvalue weighted by Gasteiger charge is -2.13. The summed E-state index contributed by atoms with van der Waals surface area (Å²) in [6.45, 7) is 4.38. The quantitative estimate of drug-likeness (QED) is 0.663. The molecule has 0 aliphatic heterocycles. The van der Waals surface area contributed by atoms with Gasteiger partial charge in [-0.1, -0.05) is 48.2 Å². The van der Waals surface area contributed by atoms with Gasteiger partial charge in [0.15, 0.2) is 5.16 Å². The van der Waals surface area contributed by atoms with Crippen molar-refractivity contribution in [1.29, 1.82) is 5.26 Å². The average molecular weight is 377 g/mol. The third-order valence-corrected chi connectivity index (χ3v) is 5.08. The van der Waals surface area contributed by atoms with Crippen LogP contribution in [-0.4, -0.2) is 25.9 Å². The van der Waals surface area contributed by atoms with Gasteiger partial charge in [-0.3, -0.25) is 4.79 Å². The van der Waals surface area contributed by atoms with Gasteiger partial charge in [0.05, 0.1) is 23.4 Å². The van der Waals surface area contributed by atoms with Crippen molar-refractivity contribution < 1.29 is 4.79 Å². The van der Waals surface area contributed by atoms with Crippen molar-refractivity contribution in [3.8, 4) is 6.07 Å². The molecule has 0 spiro atoms. The summed E-state index contributed by atoms with van der Waals surface area (Å²) in [4.78, 5) is 12.5. The summed E-state index contributed by atoms with van der Waals surface area (Å²) in [5, 5.41) is 20.5. The minimum absolute atomic E-state index is 0.151. The first-order valence-electron chi connectivity index (χ1n) is 8.48. The van der Waals surface area contributed by atoms with E-state index in [1.54, 1.807) is 24.3 Å². The Morgan fingerprint density at radius 3 is 2.74 bits per heavy atom. The predicted octanol–water partition coefficient (Wildman–Crippen LogP) is 3.63. The average Bonchev–Trinajstić information content (AvgIpc) is 3.02. The molecule has 1 N–H and O–H groups in total. The molecule has 0 radical (unpaired) electrons. The molecule has 1 aromatic heterocycles. The molecule has 0 bridgehead atoms. The number of benzene rings is 2. The smallest absolute Gasteiger partial charge is 0.237 e. The fourth-order valence-electron chi connectivity index (χ4n) is 2.52. The molecular weight excluding hydrogens is 358 g/mol. The summed E-state index contributed by atoms with van der Waals surface area (Å²) < 4.78 is 2.00. The Morgan fingerprint density at radius 2 is 2.00 bits per heavy atom. The van der Waals surface area contributed by atoms with Gasteiger partial charge in [-0.05, 0) is 37.6 Å². The molecule has 0 aliphatic carbocycles. The molecular formula is C20H19N5OS. The van der Waals surface area contributed by atoms with Gasteiger partial charge in [-0.15, -0.1) is 10.2 Å². The molecule has 27 heavy (non-hydrogen) atoms. The van der Waals surface area contributed by atoms with E-state index in [4.69, 9.17) is 5.26 Å². The van der Waals surface area contributed by atoms with Gasteiger partial charge >= 0.3 is 0 Å². The topological polar surface area (TPSA) is 83.6 Å². The number of amides is 1. The maximum atomic E-state index is 12.5. The number of thioether (sulfide) groups is 1. The summed E-state index contributed by atoms with van der Waals surface area (Å²) in [6, 6.07) is 19.0. The summed E-state index contributed by atoms with van der Waals surface area (Å²) in [7, 11) is 0. The van der Waals surface area contributed by atoms with E-state index in [2.05, 4.69) is 21.6 Å². The molecule has 1 amide bonds. The number of rotatable bonds is 6. The van der Waals surface area contributed by atoms with Crippen LogP contribution in [0, 0.1) is 18.3 Å². The third-order valence-electron chi connectivity index (χ3n) is 4.00. The van der Waals surface area contributed by atoms with E-state index in [9.17, 15) is 4.79 Å². The van der Waals surface area contributed by atoms with Gasteiger partial charge in [0, 0.05) is 5.69 Å². The number of nitrogens with one attached hydrogen (secondary N) is 1. The van der Waals surface area contributed by atoms with Gasteiger partial charge in [0.25, 0.3) is 0 Å². The Balaban J connectivity index is 1.69. The molecule has 3 aromatic rings. The van der Waals surface area contributed by atoms with Crippen LogP contribution in [0.4, 0.5) is 5.69 Å². The fourth-order valence-corrected chi connectivity index (χ4v) is 3.41. The molecule has 0 fully saturated rings. The number of hydrogen-bond donors (Lipinski definition) is 1. The van der Waals surface area contributed by atoms with E-state index in [1.165, 1.54) is 11.8 Å². The Kier molecular flexibility index (Phi) is 5.89. The molecule has 1 heterocycles. The lowest BCUT2D eigenvalue weighted by molar-refractivity contribution is -0.115. The number of aryl methyl sites for hydroxylation is 1. The Bertz CT molecular complexity index is 978. The van der Waals surface area contributed by atoms with Crippen LogP contribution in [0.1, 0.15) is 23.9 Å². The molecule has 0 saturated heterocycles. The van der Waals surface area contributed by atoms with Crippen LogP contribution in [0.5, 0.6) is 0 Å². The van der Waals surface area contributed by atoms with Crippen LogP contribution in [-0.2, 0) is 11.3 Å². The lowest BCUT2D eigenvalue weighted by Crippen LogP contribution is -2.23. The van der Waals surface area contributed by atoms with Crippen molar-refractivity contribution in [3.63, 3.8) is 0 Å². The summed E-state index contributed by atoms with van der Waals surface area (Å²) in [5.74, 6) is 0.651. The van der Waals surface area contributed by atoms with Crippen LogP contribution in [0.25, 0.3) is 0 Å². The van der Waals surface area contributed by atoms with Crippen molar-refractivity contribution in [2.24, 2.45) is 0 Å². The Hall–Kier alpha value is -3.11. The lowest BCUT2D eigenvalue weighted by atomic mass is 10.2. The van der Waals surface area contributed by atoms with Crippen molar-refractivity contribution in [3.05, 3.63) is 71.5 Å². The SMILES string of the molecule is Cc1nnc(S[C@@H](C)C(=O)Nc2cccc(C#N)c2)n1Cc1ccccc1. The van der Waals surface area contributed by atoms with E-state index in [0.29, 0.717) is 23.0 Å². The van der Waals surface area contributed by atoms with Gasteiger partial charge < -0.3 is 9.88 Å².